The van der Waals surface area contributed by atoms with E-state index in [4.69, 9.17) is 11.6 Å². The molecule has 1 aromatic carbocycles. The number of carbonyl (C=O) groups excluding carboxylic acids is 1. The van der Waals surface area contributed by atoms with Gasteiger partial charge in [0, 0.05) is 4.47 Å². The summed E-state index contributed by atoms with van der Waals surface area (Å²) >= 11 is 9.19. The predicted octanol–water partition coefficient (Wildman–Crippen LogP) is 2.47. The molecule has 2 aromatic rings. The third-order valence-corrected chi connectivity index (χ3v) is 2.63. The van der Waals surface area contributed by atoms with Crippen LogP contribution in [0, 0.1) is 0 Å². The number of amides is 1. The minimum atomic E-state index is -0.339. The Kier molecular flexibility index (Phi) is 3.21. The van der Waals surface area contributed by atoms with Gasteiger partial charge in [-0.25, -0.2) is 5.10 Å². The minimum absolute atomic E-state index is 0.281. The van der Waals surface area contributed by atoms with Gasteiger partial charge < -0.3 is 0 Å². The molecule has 5 nitrogen and oxygen atoms in total. The molecule has 2 N–H and O–H groups in total. The largest absolute Gasteiger partial charge is 0.291 e. The molecule has 0 aliphatic rings. The molecule has 0 spiro atoms. The minimum Gasteiger partial charge on any atom is -0.291 e. The van der Waals surface area contributed by atoms with Crippen molar-refractivity contribution in [2.45, 2.75) is 0 Å². The molecule has 0 saturated heterocycles. The summed E-state index contributed by atoms with van der Waals surface area (Å²) in [5.74, 6) is -0.0572. The summed E-state index contributed by atoms with van der Waals surface area (Å²) in [7, 11) is 0. The lowest BCUT2D eigenvalue weighted by molar-refractivity contribution is 0.102. The second-order valence-corrected chi connectivity index (χ2v) is 4.24. The maximum absolute atomic E-state index is 11.7. The zero-order valence-corrected chi connectivity index (χ0v) is 10.2. The van der Waals surface area contributed by atoms with Crippen LogP contribution in [-0.2, 0) is 0 Å². The van der Waals surface area contributed by atoms with Crippen molar-refractivity contribution >= 4 is 39.4 Å². The van der Waals surface area contributed by atoms with E-state index in [1.54, 1.807) is 18.2 Å². The summed E-state index contributed by atoms with van der Waals surface area (Å²) < 4.78 is 0.814. The summed E-state index contributed by atoms with van der Waals surface area (Å²) in [5, 5.41) is 9.04. The van der Waals surface area contributed by atoms with Crippen molar-refractivity contribution in [1.29, 1.82) is 0 Å². The summed E-state index contributed by atoms with van der Waals surface area (Å²) in [6.07, 6.45) is 1.30. The third-order valence-electron chi connectivity index (χ3n) is 1.82. The van der Waals surface area contributed by atoms with E-state index in [-0.39, 0.29) is 11.9 Å². The van der Waals surface area contributed by atoms with Crippen molar-refractivity contribution < 1.29 is 4.79 Å². The molecule has 1 aromatic heterocycles. The molecule has 2 rings (SSSR count). The van der Waals surface area contributed by atoms with Gasteiger partial charge in [-0.1, -0.05) is 27.5 Å². The van der Waals surface area contributed by atoms with Crippen molar-refractivity contribution in [3.05, 3.63) is 39.6 Å². The van der Waals surface area contributed by atoms with Gasteiger partial charge in [0.15, 0.2) is 0 Å². The van der Waals surface area contributed by atoms with Crippen LogP contribution in [0.3, 0.4) is 0 Å². The lowest BCUT2D eigenvalue weighted by Gasteiger charge is -2.03. The van der Waals surface area contributed by atoms with Crippen molar-refractivity contribution in [2.24, 2.45) is 0 Å². The second kappa shape index (κ2) is 4.63. The van der Waals surface area contributed by atoms with Crippen LogP contribution in [0.25, 0.3) is 0 Å². The summed E-state index contributed by atoms with van der Waals surface area (Å²) in [6, 6.07) is 5.01. The van der Waals surface area contributed by atoms with E-state index in [9.17, 15) is 4.79 Å². The van der Waals surface area contributed by atoms with Crippen LogP contribution in [0.1, 0.15) is 10.4 Å². The fourth-order valence-corrected chi connectivity index (χ4v) is 1.87. The normalized spacial score (nSPS) is 10.1. The number of aromatic nitrogens is 3. The second-order valence-electron chi connectivity index (χ2n) is 2.91. The molecular formula is C9H6BrClN4O. The highest BCUT2D eigenvalue weighted by molar-refractivity contribution is 9.10. The predicted molar refractivity (Wildman–Crippen MR) is 63.5 cm³/mol. The van der Waals surface area contributed by atoms with Gasteiger partial charge in [-0.3, -0.25) is 10.1 Å². The molecule has 0 atom stereocenters. The van der Waals surface area contributed by atoms with Gasteiger partial charge in [0.2, 0.25) is 5.95 Å². The molecule has 7 heteroatoms. The van der Waals surface area contributed by atoms with Crippen LogP contribution < -0.4 is 5.32 Å². The van der Waals surface area contributed by atoms with Gasteiger partial charge in [-0.2, -0.15) is 10.1 Å². The van der Waals surface area contributed by atoms with Crippen molar-refractivity contribution in [3.63, 3.8) is 0 Å². The van der Waals surface area contributed by atoms with Crippen LogP contribution in [0.15, 0.2) is 29.0 Å². The monoisotopic (exact) mass is 300 g/mol. The van der Waals surface area contributed by atoms with E-state index in [1.165, 1.54) is 6.33 Å². The van der Waals surface area contributed by atoms with E-state index < -0.39 is 0 Å². The van der Waals surface area contributed by atoms with Crippen LogP contribution in [0.2, 0.25) is 5.02 Å². The smallest absolute Gasteiger partial charge is 0.259 e. The van der Waals surface area contributed by atoms with Gasteiger partial charge in [-0.15, -0.1) is 0 Å². The Morgan fingerprint density at radius 3 is 2.94 bits per heavy atom. The number of hydrogen-bond donors (Lipinski definition) is 2. The highest BCUT2D eigenvalue weighted by Gasteiger charge is 2.11. The van der Waals surface area contributed by atoms with E-state index in [0.29, 0.717) is 10.6 Å². The highest BCUT2D eigenvalue weighted by Crippen LogP contribution is 2.21. The number of hydrogen-bond acceptors (Lipinski definition) is 3. The fraction of sp³-hybridized carbons (Fsp3) is 0. The quantitative estimate of drug-likeness (QED) is 0.895. The Balaban J connectivity index is 2.21. The third kappa shape index (κ3) is 2.40. The van der Waals surface area contributed by atoms with Gasteiger partial charge in [0.25, 0.3) is 5.91 Å². The van der Waals surface area contributed by atoms with Gasteiger partial charge >= 0.3 is 0 Å². The molecule has 0 fully saturated rings. The summed E-state index contributed by atoms with van der Waals surface area (Å²) in [4.78, 5) is 15.5. The summed E-state index contributed by atoms with van der Waals surface area (Å²) in [5.41, 5.74) is 0.376. The average Bonchev–Trinajstić information content (AvgIpc) is 2.70. The maximum atomic E-state index is 11.7. The molecule has 1 amide bonds. The van der Waals surface area contributed by atoms with Crippen LogP contribution >= 0.6 is 27.5 Å². The molecule has 0 unspecified atom stereocenters. The van der Waals surface area contributed by atoms with E-state index in [2.05, 4.69) is 36.4 Å². The molecule has 1 heterocycles. The van der Waals surface area contributed by atoms with Crippen LogP contribution in [0.4, 0.5) is 5.95 Å². The molecule has 0 aliphatic heterocycles. The first-order valence-electron chi connectivity index (χ1n) is 4.28. The van der Waals surface area contributed by atoms with Crippen molar-refractivity contribution in [2.75, 3.05) is 5.32 Å². The first kappa shape index (κ1) is 11.1. The zero-order valence-electron chi connectivity index (χ0n) is 7.87. The molecule has 82 valence electrons. The maximum Gasteiger partial charge on any atom is 0.259 e. The number of H-pyrrole nitrogens is 1. The Bertz CT molecular complexity index is 514. The molecule has 0 aliphatic carbocycles. The Morgan fingerprint density at radius 1 is 1.50 bits per heavy atom. The van der Waals surface area contributed by atoms with Crippen LogP contribution in [-0.4, -0.2) is 21.1 Å². The average molecular weight is 302 g/mol. The Hall–Kier alpha value is -1.40. The number of rotatable bonds is 2. The van der Waals surface area contributed by atoms with Gasteiger partial charge in [0.1, 0.15) is 6.33 Å². The number of anilines is 1. The number of carbonyl (C=O) groups is 1. The molecular weight excluding hydrogens is 295 g/mol. The lowest BCUT2D eigenvalue weighted by Crippen LogP contribution is -2.13. The van der Waals surface area contributed by atoms with Crippen molar-refractivity contribution in [3.8, 4) is 0 Å². The first-order chi connectivity index (χ1) is 7.66. The Labute approximate surface area is 104 Å². The number of nitrogens with zero attached hydrogens (tertiary/aromatic N) is 2. The van der Waals surface area contributed by atoms with E-state index >= 15 is 0 Å². The van der Waals surface area contributed by atoms with Gasteiger partial charge in [-0.05, 0) is 18.2 Å². The highest BCUT2D eigenvalue weighted by atomic mass is 79.9. The standard InChI is InChI=1S/C9H6BrClN4O/c10-5-1-2-6(7(11)3-5)8(16)14-9-12-4-13-15-9/h1-4H,(H2,12,13,14,15,16). The van der Waals surface area contributed by atoms with Crippen molar-refractivity contribution in [1.82, 2.24) is 15.2 Å². The number of nitrogens with one attached hydrogen (secondary N) is 2. The number of aromatic amines is 1. The molecule has 0 radical (unpaired) electrons. The number of halogens is 2. The molecule has 0 saturated carbocycles. The van der Waals surface area contributed by atoms with Gasteiger partial charge in [0.05, 0.1) is 10.6 Å². The number of benzene rings is 1. The fourth-order valence-electron chi connectivity index (χ4n) is 1.11. The molecule has 0 bridgehead atoms. The summed E-state index contributed by atoms with van der Waals surface area (Å²) in [6.45, 7) is 0. The SMILES string of the molecule is O=C(Nc1ncn[nH]1)c1ccc(Br)cc1Cl. The van der Waals surface area contributed by atoms with Crippen LogP contribution in [0.5, 0.6) is 0 Å². The van der Waals surface area contributed by atoms with E-state index in [0.717, 1.165) is 4.47 Å². The van der Waals surface area contributed by atoms with E-state index in [1.807, 2.05) is 0 Å². The first-order valence-corrected chi connectivity index (χ1v) is 5.45. The lowest BCUT2D eigenvalue weighted by atomic mass is 10.2. The molecule has 16 heavy (non-hydrogen) atoms. The Morgan fingerprint density at radius 2 is 2.31 bits per heavy atom. The topological polar surface area (TPSA) is 70.7 Å². The zero-order chi connectivity index (χ0) is 11.5.